The van der Waals surface area contributed by atoms with Gasteiger partial charge in [0.05, 0.1) is 14.2 Å². The Morgan fingerprint density at radius 1 is 0.821 bits per heavy atom. The second-order valence-electron chi connectivity index (χ2n) is 6.28. The van der Waals surface area contributed by atoms with Gasteiger partial charge in [-0.05, 0) is 42.5 Å². The molecule has 0 spiro atoms. The van der Waals surface area contributed by atoms with Crippen molar-refractivity contribution in [1.29, 1.82) is 0 Å². The van der Waals surface area contributed by atoms with Crippen molar-refractivity contribution in [2.75, 3.05) is 21.3 Å². The molecule has 3 rings (SSSR count). The molecule has 0 unspecified atom stereocenters. The minimum absolute atomic E-state index is 0.101. The molecule has 0 heterocycles. The van der Waals surface area contributed by atoms with E-state index in [0.717, 1.165) is 11.3 Å². The molecule has 0 aliphatic rings. The summed E-state index contributed by atoms with van der Waals surface area (Å²) in [6.45, 7) is 0.412. The maximum atomic E-state index is 12.9. The molecule has 3 aromatic carbocycles. The van der Waals surface area contributed by atoms with Crippen molar-refractivity contribution in [3.8, 4) is 23.0 Å². The van der Waals surface area contributed by atoms with E-state index in [-0.39, 0.29) is 5.91 Å². The molecule has 0 aliphatic carbocycles. The largest absolute Gasteiger partial charge is 0.497 e. The number of benzene rings is 3. The predicted octanol–water partition coefficient (Wildman–Crippen LogP) is 4.77. The van der Waals surface area contributed by atoms with Crippen molar-refractivity contribution in [2.45, 2.75) is 6.54 Å². The highest BCUT2D eigenvalue weighted by atomic mass is 16.5. The van der Waals surface area contributed by atoms with Crippen LogP contribution in [0.5, 0.6) is 23.0 Å². The van der Waals surface area contributed by atoms with Crippen LogP contribution in [0.4, 0.5) is 0 Å². The van der Waals surface area contributed by atoms with Crippen LogP contribution in [0.1, 0.15) is 15.9 Å². The summed E-state index contributed by atoms with van der Waals surface area (Å²) in [7, 11) is 4.97. The summed E-state index contributed by atoms with van der Waals surface area (Å²) in [6.07, 6.45) is 0. The van der Waals surface area contributed by atoms with Crippen molar-refractivity contribution in [1.82, 2.24) is 4.90 Å². The zero-order chi connectivity index (χ0) is 19.9. The van der Waals surface area contributed by atoms with Crippen LogP contribution in [0.2, 0.25) is 0 Å². The summed E-state index contributed by atoms with van der Waals surface area (Å²) in [5.41, 5.74) is 1.46. The van der Waals surface area contributed by atoms with Crippen LogP contribution in [-0.2, 0) is 6.54 Å². The molecule has 5 heteroatoms. The number of para-hydroxylation sites is 1. The van der Waals surface area contributed by atoms with E-state index in [9.17, 15) is 4.79 Å². The van der Waals surface area contributed by atoms with Crippen molar-refractivity contribution in [3.05, 3.63) is 83.9 Å². The lowest BCUT2D eigenvalue weighted by Gasteiger charge is -2.19. The second kappa shape index (κ2) is 8.95. The van der Waals surface area contributed by atoms with E-state index in [1.807, 2.05) is 60.7 Å². The van der Waals surface area contributed by atoms with E-state index >= 15 is 0 Å². The molecule has 1 amide bonds. The van der Waals surface area contributed by atoms with Crippen LogP contribution in [0.25, 0.3) is 0 Å². The SMILES string of the molecule is COc1ccc(CN(C)C(=O)c2cccc(Oc3ccccc3)c2)c(OC)c1. The number of methoxy groups -OCH3 is 2. The zero-order valence-corrected chi connectivity index (χ0v) is 16.2. The molecular formula is C23H23NO4. The van der Waals surface area contributed by atoms with Gasteiger partial charge in [-0.25, -0.2) is 0 Å². The second-order valence-corrected chi connectivity index (χ2v) is 6.28. The van der Waals surface area contributed by atoms with E-state index in [4.69, 9.17) is 14.2 Å². The van der Waals surface area contributed by atoms with Gasteiger partial charge in [0.2, 0.25) is 0 Å². The Bertz CT molecular complexity index is 940. The van der Waals surface area contributed by atoms with Gasteiger partial charge < -0.3 is 19.1 Å². The maximum Gasteiger partial charge on any atom is 0.254 e. The molecule has 0 aromatic heterocycles. The third-order valence-electron chi connectivity index (χ3n) is 4.31. The fourth-order valence-electron chi connectivity index (χ4n) is 2.85. The topological polar surface area (TPSA) is 48.0 Å². The zero-order valence-electron chi connectivity index (χ0n) is 16.2. The van der Waals surface area contributed by atoms with Crippen LogP contribution < -0.4 is 14.2 Å². The molecule has 0 bridgehead atoms. The van der Waals surface area contributed by atoms with E-state index in [1.165, 1.54) is 0 Å². The summed E-state index contributed by atoms with van der Waals surface area (Å²) in [6, 6.07) is 22.2. The minimum Gasteiger partial charge on any atom is -0.497 e. The first kappa shape index (κ1) is 19.3. The summed E-state index contributed by atoms with van der Waals surface area (Å²) in [5, 5.41) is 0. The lowest BCUT2D eigenvalue weighted by molar-refractivity contribution is 0.0784. The first-order valence-corrected chi connectivity index (χ1v) is 8.90. The third kappa shape index (κ3) is 4.62. The lowest BCUT2D eigenvalue weighted by atomic mass is 10.1. The molecule has 0 saturated carbocycles. The number of hydrogen-bond donors (Lipinski definition) is 0. The van der Waals surface area contributed by atoms with Gasteiger partial charge >= 0.3 is 0 Å². The molecule has 0 atom stereocenters. The summed E-state index contributed by atoms with van der Waals surface area (Å²) in [5.74, 6) is 2.63. The van der Waals surface area contributed by atoms with Crippen molar-refractivity contribution in [2.24, 2.45) is 0 Å². The van der Waals surface area contributed by atoms with Gasteiger partial charge in [0.1, 0.15) is 23.0 Å². The summed E-state index contributed by atoms with van der Waals surface area (Å²) in [4.78, 5) is 14.5. The minimum atomic E-state index is -0.101. The number of carbonyl (C=O) groups excluding carboxylic acids is 1. The Morgan fingerprint density at radius 2 is 1.57 bits per heavy atom. The molecule has 0 N–H and O–H groups in total. The van der Waals surface area contributed by atoms with Crippen molar-refractivity contribution >= 4 is 5.91 Å². The highest BCUT2D eigenvalue weighted by molar-refractivity contribution is 5.94. The van der Waals surface area contributed by atoms with Gasteiger partial charge in [-0.3, -0.25) is 4.79 Å². The van der Waals surface area contributed by atoms with Crippen molar-refractivity contribution in [3.63, 3.8) is 0 Å². The molecular weight excluding hydrogens is 354 g/mol. The number of carbonyl (C=O) groups is 1. The van der Waals surface area contributed by atoms with E-state index < -0.39 is 0 Å². The smallest absolute Gasteiger partial charge is 0.254 e. The molecule has 144 valence electrons. The van der Waals surface area contributed by atoms with E-state index in [0.29, 0.717) is 29.4 Å². The Morgan fingerprint density at radius 3 is 2.29 bits per heavy atom. The van der Waals surface area contributed by atoms with Gasteiger partial charge in [-0.15, -0.1) is 0 Å². The van der Waals surface area contributed by atoms with E-state index in [2.05, 4.69) is 0 Å². The number of nitrogens with zero attached hydrogens (tertiary/aromatic N) is 1. The van der Waals surface area contributed by atoms with Crippen LogP contribution >= 0.6 is 0 Å². The lowest BCUT2D eigenvalue weighted by Crippen LogP contribution is -2.26. The van der Waals surface area contributed by atoms with Gasteiger partial charge in [0.25, 0.3) is 5.91 Å². The number of ether oxygens (including phenoxy) is 3. The number of rotatable bonds is 7. The van der Waals surface area contributed by atoms with Crippen LogP contribution in [0.3, 0.4) is 0 Å². The third-order valence-corrected chi connectivity index (χ3v) is 4.31. The van der Waals surface area contributed by atoms with Crippen molar-refractivity contribution < 1.29 is 19.0 Å². The van der Waals surface area contributed by atoms with Crippen LogP contribution in [0.15, 0.2) is 72.8 Å². The predicted molar refractivity (Wildman–Crippen MR) is 108 cm³/mol. The van der Waals surface area contributed by atoms with Gasteiger partial charge in [0, 0.05) is 30.8 Å². The molecule has 0 radical (unpaired) electrons. The number of hydrogen-bond acceptors (Lipinski definition) is 4. The van der Waals surface area contributed by atoms with E-state index in [1.54, 1.807) is 38.3 Å². The van der Waals surface area contributed by atoms with Gasteiger partial charge in [0.15, 0.2) is 0 Å². The van der Waals surface area contributed by atoms with Crippen LogP contribution in [0, 0.1) is 0 Å². The Kier molecular flexibility index (Phi) is 6.17. The molecule has 5 nitrogen and oxygen atoms in total. The number of amides is 1. The Hall–Kier alpha value is -3.47. The standard InChI is InChI=1S/C23H23NO4/c1-24(16-18-12-13-20(26-2)15-22(18)27-3)23(25)17-8-7-11-21(14-17)28-19-9-5-4-6-10-19/h4-15H,16H2,1-3H3. The van der Waals surface area contributed by atoms with Gasteiger partial charge in [-0.2, -0.15) is 0 Å². The normalized spacial score (nSPS) is 10.2. The first-order chi connectivity index (χ1) is 13.6. The molecule has 0 fully saturated rings. The fourth-order valence-corrected chi connectivity index (χ4v) is 2.85. The fraction of sp³-hybridized carbons (Fsp3) is 0.174. The molecule has 0 saturated heterocycles. The molecule has 0 aliphatic heterocycles. The average Bonchev–Trinajstić information content (AvgIpc) is 2.74. The highest BCUT2D eigenvalue weighted by Gasteiger charge is 2.15. The van der Waals surface area contributed by atoms with Gasteiger partial charge in [-0.1, -0.05) is 24.3 Å². The highest BCUT2D eigenvalue weighted by Crippen LogP contribution is 2.26. The quantitative estimate of drug-likeness (QED) is 0.595. The Balaban J connectivity index is 1.74. The summed E-state index contributed by atoms with van der Waals surface area (Å²) < 4.78 is 16.5. The maximum absolute atomic E-state index is 12.9. The molecule has 3 aromatic rings. The monoisotopic (exact) mass is 377 g/mol. The average molecular weight is 377 g/mol. The Labute approximate surface area is 165 Å². The first-order valence-electron chi connectivity index (χ1n) is 8.90. The van der Waals surface area contributed by atoms with Crippen LogP contribution in [-0.4, -0.2) is 32.1 Å². The molecule has 28 heavy (non-hydrogen) atoms. The summed E-state index contributed by atoms with van der Waals surface area (Å²) >= 11 is 0.